The third kappa shape index (κ3) is 5.96. The number of aliphatic hydroxyl groups excluding tert-OH is 1. The van der Waals surface area contributed by atoms with E-state index in [1.807, 2.05) is 0 Å². The van der Waals surface area contributed by atoms with Crippen LogP contribution >= 0.6 is 0 Å². The third-order valence-corrected chi connectivity index (χ3v) is 3.63. The van der Waals surface area contributed by atoms with E-state index < -0.39 is 23.9 Å². The summed E-state index contributed by atoms with van der Waals surface area (Å²) in [5.74, 6) is -2.99. The number of hydrogen-bond acceptors (Lipinski definition) is 8. The molecule has 0 spiro atoms. The van der Waals surface area contributed by atoms with E-state index in [1.165, 1.54) is 18.2 Å². The Morgan fingerprint density at radius 1 is 0.828 bits per heavy atom. The SMILES string of the molecule is O=C(O)c1ccccc1C(=O)OCCOCCO.O=C1OC(=O)c2ccccc21. The van der Waals surface area contributed by atoms with Gasteiger partial charge in [-0.2, -0.15) is 0 Å². The Bertz CT molecular complexity index is 871. The molecule has 0 aromatic heterocycles. The number of hydrogen-bond donors (Lipinski definition) is 2. The summed E-state index contributed by atoms with van der Waals surface area (Å²) in [7, 11) is 0. The topological polar surface area (TPSA) is 136 Å². The Balaban J connectivity index is 0.000000230. The molecule has 0 saturated heterocycles. The number of aliphatic hydroxyl groups is 1. The highest BCUT2D eigenvalue weighted by Crippen LogP contribution is 2.18. The average Bonchev–Trinajstić information content (AvgIpc) is 3.02. The van der Waals surface area contributed by atoms with Crippen LogP contribution in [0, 0.1) is 0 Å². The van der Waals surface area contributed by atoms with E-state index in [0.717, 1.165) is 0 Å². The van der Waals surface area contributed by atoms with Gasteiger partial charge in [-0.3, -0.25) is 0 Å². The standard InChI is InChI=1S/C12H14O6.C8H4O3/c13-5-6-17-7-8-18-12(16)10-4-2-1-3-9(10)11(14)15;9-7-5-3-1-2-4-6(5)8(10)11-7/h1-4,13H,5-8H2,(H,14,15);1-4H. The normalized spacial score (nSPS) is 11.8. The van der Waals surface area contributed by atoms with Crippen molar-refractivity contribution in [3.63, 3.8) is 0 Å². The zero-order chi connectivity index (χ0) is 21.2. The molecule has 0 amide bonds. The molecule has 9 heteroatoms. The van der Waals surface area contributed by atoms with Crippen molar-refractivity contribution in [2.24, 2.45) is 0 Å². The van der Waals surface area contributed by atoms with Gasteiger partial charge in [-0.15, -0.1) is 0 Å². The number of benzene rings is 2. The second kappa shape index (κ2) is 10.7. The van der Waals surface area contributed by atoms with Crippen LogP contribution in [0.15, 0.2) is 48.5 Å². The highest BCUT2D eigenvalue weighted by atomic mass is 16.6. The number of rotatable bonds is 7. The summed E-state index contributed by atoms with van der Waals surface area (Å²) in [6.45, 7) is 0.230. The first-order valence-electron chi connectivity index (χ1n) is 8.49. The van der Waals surface area contributed by atoms with Gasteiger partial charge < -0.3 is 24.4 Å². The van der Waals surface area contributed by atoms with Gasteiger partial charge in [0, 0.05) is 0 Å². The molecule has 2 N–H and O–H groups in total. The number of ether oxygens (including phenoxy) is 3. The van der Waals surface area contributed by atoms with Gasteiger partial charge in [-0.25, -0.2) is 19.2 Å². The number of carboxylic acids is 1. The molecule has 152 valence electrons. The van der Waals surface area contributed by atoms with Crippen molar-refractivity contribution in [2.75, 3.05) is 26.4 Å². The lowest BCUT2D eigenvalue weighted by Crippen LogP contribution is -2.15. The van der Waals surface area contributed by atoms with Gasteiger partial charge in [0.05, 0.1) is 42.1 Å². The minimum absolute atomic E-state index is 0.00663. The number of carbonyl (C=O) groups excluding carboxylic acids is 3. The maximum absolute atomic E-state index is 11.6. The maximum atomic E-state index is 11.6. The zero-order valence-electron chi connectivity index (χ0n) is 15.2. The van der Waals surface area contributed by atoms with Crippen molar-refractivity contribution in [2.45, 2.75) is 0 Å². The fraction of sp³-hybridized carbons (Fsp3) is 0.200. The number of carbonyl (C=O) groups is 4. The molecule has 0 saturated carbocycles. The van der Waals surface area contributed by atoms with Gasteiger partial charge >= 0.3 is 23.9 Å². The van der Waals surface area contributed by atoms with Crippen LogP contribution in [-0.2, 0) is 14.2 Å². The Morgan fingerprint density at radius 3 is 1.93 bits per heavy atom. The molecule has 0 atom stereocenters. The number of carboxylic acid groups (broad SMARTS) is 1. The number of aromatic carboxylic acids is 1. The molecule has 2 aromatic rings. The Morgan fingerprint density at radius 2 is 1.38 bits per heavy atom. The first-order chi connectivity index (χ1) is 14.0. The first-order valence-corrected chi connectivity index (χ1v) is 8.49. The Labute approximate surface area is 165 Å². The minimum atomic E-state index is -1.18. The van der Waals surface area contributed by atoms with Gasteiger partial charge in [-0.1, -0.05) is 24.3 Å². The third-order valence-electron chi connectivity index (χ3n) is 3.63. The van der Waals surface area contributed by atoms with Gasteiger partial charge in [0.2, 0.25) is 0 Å². The molecule has 0 radical (unpaired) electrons. The van der Waals surface area contributed by atoms with Crippen LogP contribution in [0.3, 0.4) is 0 Å². The summed E-state index contributed by atoms with van der Waals surface area (Å²) >= 11 is 0. The van der Waals surface area contributed by atoms with E-state index in [1.54, 1.807) is 30.3 Å². The van der Waals surface area contributed by atoms with Crippen molar-refractivity contribution in [1.29, 1.82) is 0 Å². The molecular weight excluding hydrogens is 384 g/mol. The van der Waals surface area contributed by atoms with Crippen molar-refractivity contribution in [1.82, 2.24) is 0 Å². The van der Waals surface area contributed by atoms with E-state index in [9.17, 15) is 19.2 Å². The molecule has 3 rings (SSSR count). The molecule has 0 fully saturated rings. The van der Waals surface area contributed by atoms with E-state index in [-0.39, 0.29) is 37.6 Å². The van der Waals surface area contributed by atoms with Crippen LogP contribution in [0.5, 0.6) is 0 Å². The minimum Gasteiger partial charge on any atom is -0.478 e. The highest BCUT2D eigenvalue weighted by Gasteiger charge is 2.28. The fourth-order valence-corrected chi connectivity index (χ4v) is 2.32. The van der Waals surface area contributed by atoms with Crippen molar-refractivity contribution >= 4 is 23.9 Å². The van der Waals surface area contributed by atoms with Gasteiger partial charge in [0.15, 0.2) is 0 Å². The highest BCUT2D eigenvalue weighted by molar-refractivity contribution is 6.14. The van der Waals surface area contributed by atoms with E-state index >= 15 is 0 Å². The molecule has 9 nitrogen and oxygen atoms in total. The average molecular weight is 402 g/mol. The van der Waals surface area contributed by atoms with Crippen molar-refractivity contribution in [3.8, 4) is 0 Å². The molecule has 2 aromatic carbocycles. The summed E-state index contributed by atoms with van der Waals surface area (Å²) in [6.07, 6.45) is 0. The van der Waals surface area contributed by atoms with Crippen LogP contribution in [0.25, 0.3) is 0 Å². The van der Waals surface area contributed by atoms with Crippen LogP contribution in [-0.4, -0.2) is 60.5 Å². The second-order valence-corrected chi connectivity index (χ2v) is 5.55. The maximum Gasteiger partial charge on any atom is 0.346 e. The summed E-state index contributed by atoms with van der Waals surface area (Å²) < 4.78 is 14.1. The molecule has 1 heterocycles. The fourth-order valence-electron chi connectivity index (χ4n) is 2.32. The Kier molecular flexibility index (Phi) is 8.01. The predicted molar refractivity (Wildman–Crippen MR) is 97.8 cm³/mol. The number of esters is 3. The molecule has 0 unspecified atom stereocenters. The molecule has 29 heavy (non-hydrogen) atoms. The van der Waals surface area contributed by atoms with E-state index in [4.69, 9.17) is 19.7 Å². The van der Waals surface area contributed by atoms with E-state index in [2.05, 4.69) is 4.74 Å². The predicted octanol–water partition coefficient (Wildman–Crippen LogP) is 1.55. The Hall–Kier alpha value is -3.56. The monoisotopic (exact) mass is 402 g/mol. The van der Waals surface area contributed by atoms with Crippen LogP contribution in [0.1, 0.15) is 41.4 Å². The number of fused-ring (bicyclic) bond motifs is 1. The number of cyclic esters (lactones) is 2. The van der Waals surface area contributed by atoms with Crippen LogP contribution in [0.2, 0.25) is 0 Å². The molecule has 1 aliphatic heterocycles. The van der Waals surface area contributed by atoms with Crippen molar-refractivity contribution in [3.05, 3.63) is 70.8 Å². The lowest BCUT2D eigenvalue weighted by Gasteiger charge is -2.07. The quantitative estimate of drug-likeness (QED) is 0.401. The molecule has 0 aliphatic carbocycles. The van der Waals surface area contributed by atoms with Crippen molar-refractivity contribution < 1.29 is 43.6 Å². The zero-order valence-corrected chi connectivity index (χ0v) is 15.2. The molecular formula is C20H18O9. The lowest BCUT2D eigenvalue weighted by molar-refractivity contribution is 0.0254. The summed E-state index contributed by atoms with van der Waals surface area (Å²) in [6, 6.07) is 12.3. The second-order valence-electron chi connectivity index (χ2n) is 5.55. The first kappa shape index (κ1) is 21.7. The summed E-state index contributed by atoms with van der Waals surface area (Å²) in [4.78, 5) is 44.2. The van der Waals surface area contributed by atoms with Gasteiger partial charge in [0.1, 0.15) is 6.61 Å². The van der Waals surface area contributed by atoms with Crippen LogP contribution in [0.4, 0.5) is 0 Å². The summed E-state index contributed by atoms with van der Waals surface area (Å²) in [5, 5.41) is 17.3. The van der Waals surface area contributed by atoms with Gasteiger partial charge in [-0.05, 0) is 24.3 Å². The largest absolute Gasteiger partial charge is 0.478 e. The molecule has 1 aliphatic rings. The molecule has 0 bridgehead atoms. The lowest BCUT2D eigenvalue weighted by atomic mass is 10.1. The summed E-state index contributed by atoms with van der Waals surface area (Å²) in [5.41, 5.74) is 0.626. The van der Waals surface area contributed by atoms with Gasteiger partial charge in [0.25, 0.3) is 0 Å². The van der Waals surface area contributed by atoms with E-state index in [0.29, 0.717) is 11.1 Å². The van der Waals surface area contributed by atoms with Crippen LogP contribution < -0.4 is 0 Å². The smallest absolute Gasteiger partial charge is 0.346 e.